The zero-order valence-corrected chi connectivity index (χ0v) is 9.76. The summed E-state index contributed by atoms with van der Waals surface area (Å²) in [6.07, 6.45) is 0.917. The first-order valence-electron chi connectivity index (χ1n) is 5.33. The molecule has 2 atom stereocenters. The third kappa shape index (κ3) is 2.00. The van der Waals surface area contributed by atoms with Crippen molar-refractivity contribution < 1.29 is 14.6 Å². The van der Waals surface area contributed by atoms with E-state index in [4.69, 9.17) is 4.74 Å². The van der Waals surface area contributed by atoms with Gasteiger partial charge in [-0.25, -0.2) is 0 Å². The van der Waals surface area contributed by atoms with Crippen molar-refractivity contribution in [3.63, 3.8) is 0 Å². The Morgan fingerprint density at radius 1 is 1.67 bits per heavy atom. The number of ether oxygens (including phenoxy) is 1. The van der Waals surface area contributed by atoms with Gasteiger partial charge in [0.1, 0.15) is 5.54 Å². The van der Waals surface area contributed by atoms with E-state index in [1.807, 2.05) is 6.92 Å². The highest BCUT2D eigenvalue weighted by Crippen LogP contribution is 2.34. The summed E-state index contributed by atoms with van der Waals surface area (Å²) >= 11 is 1.74. The van der Waals surface area contributed by atoms with E-state index in [0.717, 1.165) is 31.0 Å². The highest BCUT2D eigenvalue weighted by molar-refractivity contribution is 7.99. The molecule has 0 aromatic carbocycles. The van der Waals surface area contributed by atoms with Crippen LogP contribution in [0.4, 0.5) is 0 Å². The molecular formula is C10H17NO3S. The number of thioether (sulfide) groups is 1. The minimum Gasteiger partial charge on any atom is -0.480 e. The fourth-order valence-corrected chi connectivity index (χ4v) is 3.73. The Morgan fingerprint density at radius 2 is 2.47 bits per heavy atom. The van der Waals surface area contributed by atoms with Crippen LogP contribution in [0.25, 0.3) is 0 Å². The molecule has 0 radical (unpaired) electrons. The lowest BCUT2D eigenvalue weighted by Gasteiger charge is -2.41. The number of carbonyl (C=O) groups is 1. The van der Waals surface area contributed by atoms with Gasteiger partial charge in [-0.15, -0.1) is 0 Å². The Labute approximate surface area is 94.0 Å². The molecule has 2 saturated heterocycles. The summed E-state index contributed by atoms with van der Waals surface area (Å²) in [6, 6.07) is 0. The highest BCUT2D eigenvalue weighted by Gasteiger charge is 2.47. The largest absolute Gasteiger partial charge is 0.480 e. The Kier molecular flexibility index (Phi) is 3.23. The predicted molar refractivity (Wildman–Crippen MR) is 59.3 cm³/mol. The molecule has 2 aliphatic heterocycles. The van der Waals surface area contributed by atoms with E-state index in [-0.39, 0.29) is 6.10 Å². The van der Waals surface area contributed by atoms with Gasteiger partial charge in [-0.05, 0) is 19.1 Å². The maximum atomic E-state index is 11.4. The lowest BCUT2D eigenvalue weighted by atomic mass is 9.95. The monoisotopic (exact) mass is 231 g/mol. The number of carboxylic acids is 1. The molecule has 4 nitrogen and oxygen atoms in total. The van der Waals surface area contributed by atoms with Crippen molar-refractivity contribution in [2.75, 3.05) is 31.2 Å². The van der Waals surface area contributed by atoms with Crippen LogP contribution in [0.2, 0.25) is 0 Å². The van der Waals surface area contributed by atoms with Crippen LogP contribution in [0, 0.1) is 0 Å². The Hall–Kier alpha value is -0.260. The van der Waals surface area contributed by atoms with Gasteiger partial charge in [0.15, 0.2) is 0 Å². The van der Waals surface area contributed by atoms with E-state index in [1.54, 1.807) is 11.8 Å². The predicted octanol–water partition coefficient (Wildman–Crippen LogP) is 0.667. The van der Waals surface area contributed by atoms with E-state index in [1.165, 1.54) is 0 Å². The van der Waals surface area contributed by atoms with Crippen LogP contribution in [0.5, 0.6) is 0 Å². The van der Waals surface area contributed by atoms with Gasteiger partial charge in [0.25, 0.3) is 0 Å². The summed E-state index contributed by atoms with van der Waals surface area (Å²) in [7, 11) is 0. The molecule has 0 amide bonds. The molecule has 2 fully saturated rings. The number of morpholine rings is 1. The van der Waals surface area contributed by atoms with E-state index in [0.29, 0.717) is 6.61 Å². The maximum Gasteiger partial charge on any atom is 0.325 e. The summed E-state index contributed by atoms with van der Waals surface area (Å²) in [5, 5.41) is 9.41. The van der Waals surface area contributed by atoms with Gasteiger partial charge in [-0.1, -0.05) is 0 Å². The van der Waals surface area contributed by atoms with Crippen LogP contribution < -0.4 is 0 Å². The summed E-state index contributed by atoms with van der Waals surface area (Å²) < 4.78 is 5.45. The van der Waals surface area contributed by atoms with E-state index < -0.39 is 11.5 Å². The molecule has 15 heavy (non-hydrogen) atoms. The quantitative estimate of drug-likeness (QED) is 0.757. The lowest BCUT2D eigenvalue weighted by Crippen LogP contribution is -2.59. The van der Waals surface area contributed by atoms with Gasteiger partial charge < -0.3 is 9.84 Å². The van der Waals surface area contributed by atoms with Gasteiger partial charge >= 0.3 is 5.97 Å². The third-order valence-corrected chi connectivity index (χ3v) is 4.42. The van der Waals surface area contributed by atoms with Crippen LogP contribution >= 0.6 is 11.8 Å². The van der Waals surface area contributed by atoms with E-state index >= 15 is 0 Å². The molecule has 2 rings (SSSR count). The molecule has 86 valence electrons. The molecule has 2 heterocycles. The van der Waals surface area contributed by atoms with Gasteiger partial charge in [0, 0.05) is 18.8 Å². The summed E-state index contributed by atoms with van der Waals surface area (Å²) in [6.45, 7) is 4.15. The standard InChI is InChI=1S/C10H17NO3S/c1-8-6-11(3-4-14-8)10(9(12)13)2-5-15-7-10/h8H,2-7H2,1H3,(H,12,13). The molecule has 2 unspecified atom stereocenters. The second-order valence-electron chi connectivity index (χ2n) is 4.27. The van der Waals surface area contributed by atoms with Gasteiger partial charge in [-0.2, -0.15) is 11.8 Å². The van der Waals surface area contributed by atoms with Crippen LogP contribution in [0.15, 0.2) is 0 Å². The average Bonchev–Trinajstić information content (AvgIpc) is 2.67. The zero-order chi connectivity index (χ0) is 10.9. The van der Waals surface area contributed by atoms with Crippen LogP contribution in [-0.4, -0.2) is 58.8 Å². The lowest BCUT2D eigenvalue weighted by molar-refractivity contribution is -0.154. The summed E-state index contributed by atoms with van der Waals surface area (Å²) in [4.78, 5) is 13.5. The fraction of sp³-hybridized carbons (Fsp3) is 0.900. The van der Waals surface area contributed by atoms with Crippen molar-refractivity contribution in [1.29, 1.82) is 0 Å². The van der Waals surface area contributed by atoms with Crippen molar-refractivity contribution in [3.05, 3.63) is 0 Å². The topological polar surface area (TPSA) is 49.8 Å². The van der Waals surface area contributed by atoms with Crippen molar-refractivity contribution in [2.45, 2.75) is 25.0 Å². The average molecular weight is 231 g/mol. The first kappa shape index (κ1) is 11.2. The number of hydrogen-bond donors (Lipinski definition) is 1. The number of hydrogen-bond acceptors (Lipinski definition) is 4. The Morgan fingerprint density at radius 3 is 3.00 bits per heavy atom. The van der Waals surface area contributed by atoms with Gasteiger partial charge in [-0.3, -0.25) is 9.69 Å². The molecule has 0 aromatic rings. The maximum absolute atomic E-state index is 11.4. The molecule has 0 aromatic heterocycles. The van der Waals surface area contributed by atoms with Crippen molar-refractivity contribution in [1.82, 2.24) is 4.90 Å². The van der Waals surface area contributed by atoms with Crippen molar-refractivity contribution in [2.24, 2.45) is 0 Å². The van der Waals surface area contributed by atoms with Gasteiger partial charge in [0.05, 0.1) is 12.7 Å². The number of rotatable bonds is 2. The van der Waals surface area contributed by atoms with Crippen molar-refractivity contribution >= 4 is 17.7 Å². The van der Waals surface area contributed by atoms with Crippen LogP contribution in [-0.2, 0) is 9.53 Å². The first-order valence-corrected chi connectivity index (χ1v) is 6.48. The highest BCUT2D eigenvalue weighted by atomic mass is 32.2. The molecule has 0 spiro atoms. The minimum atomic E-state index is -0.665. The third-order valence-electron chi connectivity index (χ3n) is 3.25. The smallest absolute Gasteiger partial charge is 0.325 e. The molecule has 1 N–H and O–H groups in total. The second kappa shape index (κ2) is 4.31. The first-order chi connectivity index (χ1) is 7.15. The zero-order valence-electron chi connectivity index (χ0n) is 8.94. The van der Waals surface area contributed by atoms with E-state index in [9.17, 15) is 9.90 Å². The molecular weight excluding hydrogens is 214 g/mol. The molecule has 0 saturated carbocycles. The fourth-order valence-electron chi connectivity index (χ4n) is 2.31. The van der Waals surface area contributed by atoms with Crippen LogP contribution in [0.1, 0.15) is 13.3 Å². The minimum absolute atomic E-state index is 0.153. The number of aliphatic carboxylic acids is 1. The number of carboxylic acid groups (broad SMARTS) is 1. The Bertz CT molecular complexity index is 253. The second-order valence-corrected chi connectivity index (χ2v) is 5.37. The summed E-state index contributed by atoms with van der Waals surface area (Å²) in [5.41, 5.74) is -0.622. The van der Waals surface area contributed by atoms with Crippen molar-refractivity contribution in [3.8, 4) is 0 Å². The summed E-state index contributed by atoms with van der Waals surface area (Å²) in [5.74, 6) is 1.01. The number of nitrogens with zero attached hydrogens (tertiary/aromatic N) is 1. The van der Waals surface area contributed by atoms with Crippen LogP contribution in [0.3, 0.4) is 0 Å². The van der Waals surface area contributed by atoms with E-state index in [2.05, 4.69) is 4.90 Å². The Balaban J connectivity index is 2.13. The van der Waals surface area contributed by atoms with Gasteiger partial charge in [0.2, 0.25) is 0 Å². The molecule has 5 heteroatoms. The molecule has 0 bridgehead atoms. The molecule has 0 aliphatic carbocycles. The normalized spacial score (nSPS) is 38.1. The SMILES string of the molecule is CC1CN(C2(C(=O)O)CCSC2)CCO1. The molecule has 2 aliphatic rings.